The number of anilines is 1. The number of nitrogens with two attached hydrogens (primary N) is 1. The van der Waals surface area contributed by atoms with Crippen molar-refractivity contribution in [3.05, 3.63) is 64.5 Å². The van der Waals surface area contributed by atoms with Crippen LogP contribution in [0, 0.1) is 19.7 Å². The van der Waals surface area contributed by atoms with Crippen molar-refractivity contribution >= 4 is 11.6 Å². The topological polar surface area (TPSA) is 55.1 Å². The van der Waals surface area contributed by atoms with Crippen LogP contribution >= 0.6 is 0 Å². The quantitative estimate of drug-likeness (QED) is 0.898. The van der Waals surface area contributed by atoms with Gasteiger partial charge in [-0.25, -0.2) is 4.39 Å². The Kier molecular flexibility index (Phi) is 4.03. The Balaban J connectivity index is 2.19. The third-order valence-electron chi connectivity index (χ3n) is 3.35. The van der Waals surface area contributed by atoms with Crippen LogP contribution in [0.2, 0.25) is 0 Å². The molecule has 0 saturated carbocycles. The maximum Gasteiger partial charge on any atom is 0.251 e. The van der Waals surface area contributed by atoms with Gasteiger partial charge in [0, 0.05) is 12.2 Å². The standard InChI is InChI=1S/C16H17FN2O/c1-10-4-3-5-11(2)14(10)9-19-12-6-7-15(17)13(8-12)16(18)20/h3-8,19H,9H2,1-2H3,(H2,18,20). The number of halogens is 1. The Labute approximate surface area is 117 Å². The van der Waals surface area contributed by atoms with Crippen LogP contribution in [0.1, 0.15) is 27.0 Å². The molecule has 0 unspecified atom stereocenters. The maximum absolute atomic E-state index is 13.4. The Hall–Kier alpha value is -2.36. The average Bonchev–Trinajstić information content (AvgIpc) is 2.39. The van der Waals surface area contributed by atoms with Crippen LogP contribution in [0.4, 0.5) is 10.1 Å². The molecule has 0 heterocycles. The monoisotopic (exact) mass is 272 g/mol. The van der Waals surface area contributed by atoms with Gasteiger partial charge in [-0.15, -0.1) is 0 Å². The summed E-state index contributed by atoms with van der Waals surface area (Å²) < 4.78 is 13.4. The fraction of sp³-hybridized carbons (Fsp3) is 0.188. The van der Waals surface area contributed by atoms with Gasteiger partial charge in [-0.2, -0.15) is 0 Å². The minimum absolute atomic E-state index is 0.100. The summed E-state index contributed by atoms with van der Waals surface area (Å²) in [6.45, 7) is 4.70. The minimum Gasteiger partial charge on any atom is -0.381 e. The molecule has 0 aromatic heterocycles. The summed E-state index contributed by atoms with van der Waals surface area (Å²) in [4.78, 5) is 11.1. The van der Waals surface area contributed by atoms with Crippen LogP contribution in [0.25, 0.3) is 0 Å². The minimum atomic E-state index is -0.766. The van der Waals surface area contributed by atoms with Crippen molar-refractivity contribution in [2.75, 3.05) is 5.32 Å². The molecule has 0 atom stereocenters. The molecule has 0 aliphatic rings. The number of primary amides is 1. The van der Waals surface area contributed by atoms with E-state index in [1.807, 2.05) is 32.0 Å². The lowest BCUT2D eigenvalue weighted by Crippen LogP contribution is -2.13. The molecular formula is C16H17FN2O. The van der Waals surface area contributed by atoms with Gasteiger partial charge in [0.05, 0.1) is 5.56 Å². The molecule has 2 rings (SSSR count). The Morgan fingerprint density at radius 3 is 2.45 bits per heavy atom. The van der Waals surface area contributed by atoms with Crippen LogP contribution in [0.15, 0.2) is 36.4 Å². The van der Waals surface area contributed by atoms with E-state index in [4.69, 9.17) is 5.73 Å². The third kappa shape index (κ3) is 2.96. The summed E-state index contributed by atoms with van der Waals surface area (Å²) in [6.07, 6.45) is 0. The molecule has 20 heavy (non-hydrogen) atoms. The number of aryl methyl sites for hydroxylation is 2. The van der Waals surface area contributed by atoms with Crippen molar-refractivity contribution in [3.63, 3.8) is 0 Å². The van der Waals surface area contributed by atoms with Gasteiger partial charge in [0.1, 0.15) is 5.82 Å². The number of hydrogen-bond acceptors (Lipinski definition) is 2. The highest BCUT2D eigenvalue weighted by molar-refractivity contribution is 5.94. The van der Waals surface area contributed by atoms with Gasteiger partial charge in [-0.1, -0.05) is 18.2 Å². The highest BCUT2D eigenvalue weighted by Crippen LogP contribution is 2.18. The van der Waals surface area contributed by atoms with Crippen LogP contribution in [-0.4, -0.2) is 5.91 Å². The van der Waals surface area contributed by atoms with Crippen molar-refractivity contribution in [2.45, 2.75) is 20.4 Å². The molecular weight excluding hydrogens is 255 g/mol. The van der Waals surface area contributed by atoms with Gasteiger partial charge in [0.25, 0.3) is 5.91 Å². The van der Waals surface area contributed by atoms with Gasteiger partial charge in [-0.05, 0) is 48.7 Å². The zero-order chi connectivity index (χ0) is 14.7. The Bertz CT molecular complexity index is 633. The third-order valence-corrected chi connectivity index (χ3v) is 3.35. The average molecular weight is 272 g/mol. The van der Waals surface area contributed by atoms with Crippen molar-refractivity contribution in [2.24, 2.45) is 5.73 Å². The van der Waals surface area contributed by atoms with E-state index < -0.39 is 11.7 Å². The number of hydrogen-bond donors (Lipinski definition) is 2. The molecule has 0 aliphatic heterocycles. The Morgan fingerprint density at radius 1 is 1.20 bits per heavy atom. The number of carbonyl (C=O) groups excluding carboxylic acids is 1. The molecule has 1 amide bonds. The highest BCUT2D eigenvalue weighted by Gasteiger charge is 2.09. The zero-order valence-electron chi connectivity index (χ0n) is 11.5. The SMILES string of the molecule is Cc1cccc(C)c1CNc1ccc(F)c(C(N)=O)c1. The summed E-state index contributed by atoms with van der Waals surface area (Å²) in [5.74, 6) is -1.37. The van der Waals surface area contributed by atoms with E-state index in [0.717, 1.165) is 0 Å². The molecule has 3 nitrogen and oxygen atoms in total. The van der Waals surface area contributed by atoms with Gasteiger partial charge >= 0.3 is 0 Å². The Morgan fingerprint density at radius 2 is 1.85 bits per heavy atom. The van der Waals surface area contributed by atoms with Gasteiger partial charge < -0.3 is 11.1 Å². The van der Waals surface area contributed by atoms with E-state index in [2.05, 4.69) is 5.32 Å². The van der Waals surface area contributed by atoms with E-state index in [9.17, 15) is 9.18 Å². The molecule has 2 aromatic carbocycles. The first kappa shape index (κ1) is 14.1. The van der Waals surface area contributed by atoms with Gasteiger partial charge in [-0.3, -0.25) is 4.79 Å². The van der Waals surface area contributed by atoms with E-state index in [1.54, 1.807) is 6.07 Å². The first-order valence-electron chi connectivity index (χ1n) is 6.37. The predicted molar refractivity (Wildman–Crippen MR) is 78.2 cm³/mol. The second-order valence-corrected chi connectivity index (χ2v) is 4.78. The van der Waals surface area contributed by atoms with E-state index >= 15 is 0 Å². The second-order valence-electron chi connectivity index (χ2n) is 4.78. The van der Waals surface area contributed by atoms with Crippen LogP contribution in [0.5, 0.6) is 0 Å². The second kappa shape index (κ2) is 5.74. The number of amides is 1. The lowest BCUT2D eigenvalue weighted by atomic mass is 10.0. The maximum atomic E-state index is 13.4. The highest BCUT2D eigenvalue weighted by atomic mass is 19.1. The zero-order valence-corrected chi connectivity index (χ0v) is 11.5. The summed E-state index contributed by atoms with van der Waals surface area (Å²) >= 11 is 0. The summed E-state index contributed by atoms with van der Waals surface area (Å²) in [5.41, 5.74) is 9.27. The molecule has 2 aromatic rings. The van der Waals surface area contributed by atoms with Crippen LogP contribution in [-0.2, 0) is 6.54 Å². The fourth-order valence-electron chi connectivity index (χ4n) is 2.14. The lowest BCUT2D eigenvalue weighted by Gasteiger charge is -2.12. The van der Waals surface area contributed by atoms with E-state index in [-0.39, 0.29) is 5.56 Å². The molecule has 0 saturated heterocycles. The van der Waals surface area contributed by atoms with E-state index in [1.165, 1.54) is 28.8 Å². The smallest absolute Gasteiger partial charge is 0.251 e. The number of carbonyl (C=O) groups is 1. The molecule has 104 valence electrons. The van der Waals surface area contributed by atoms with Crippen molar-refractivity contribution in [1.29, 1.82) is 0 Å². The lowest BCUT2D eigenvalue weighted by molar-refractivity contribution is 0.0996. The van der Waals surface area contributed by atoms with Crippen molar-refractivity contribution < 1.29 is 9.18 Å². The van der Waals surface area contributed by atoms with Crippen molar-refractivity contribution in [3.8, 4) is 0 Å². The molecule has 0 aliphatic carbocycles. The summed E-state index contributed by atoms with van der Waals surface area (Å²) in [5, 5.41) is 3.19. The molecule has 3 N–H and O–H groups in total. The summed E-state index contributed by atoms with van der Waals surface area (Å²) in [7, 11) is 0. The molecule has 0 radical (unpaired) electrons. The number of nitrogens with one attached hydrogen (secondary N) is 1. The predicted octanol–water partition coefficient (Wildman–Crippen LogP) is 3.15. The van der Waals surface area contributed by atoms with Crippen LogP contribution < -0.4 is 11.1 Å². The van der Waals surface area contributed by atoms with Crippen LogP contribution in [0.3, 0.4) is 0 Å². The largest absolute Gasteiger partial charge is 0.381 e. The van der Waals surface area contributed by atoms with Crippen molar-refractivity contribution in [1.82, 2.24) is 0 Å². The summed E-state index contributed by atoms with van der Waals surface area (Å²) in [6, 6.07) is 10.4. The first-order valence-corrected chi connectivity index (χ1v) is 6.37. The first-order chi connectivity index (χ1) is 9.49. The fourth-order valence-corrected chi connectivity index (χ4v) is 2.14. The van der Waals surface area contributed by atoms with Gasteiger partial charge in [0.2, 0.25) is 0 Å². The van der Waals surface area contributed by atoms with E-state index in [0.29, 0.717) is 12.2 Å². The molecule has 0 fully saturated rings. The number of rotatable bonds is 4. The molecule has 0 bridgehead atoms. The van der Waals surface area contributed by atoms with Gasteiger partial charge in [0.15, 0.2) is 0 Å². The number of benzene rings is 2. The molecule has 4 heteroatoms. The molecule has 0 spiro atoms. The normalized spacial score (nSPS) is 10.3.